The molecule has 1 rings (SSSR count). The highest BCUT2D eigenvalue weighted by atomic mass is 16.4. The van der Waals surface area contributed by atoms with Crippen LogP contribution in [-0.4, -0.2) is 46.9 Å². The van der Waals surface area contributed by atoms with E-state index in [9.17, 15) is 14.4 Å². The first-order valence-corrected chi connectivity index (χ1v) is 7.96. The third-order valence-electron chi connectivity index (χ3n) is 3.55. The van der Waals surface area contributed by atoms with Crippen LogP contribution in [0, 0.1) is 5.41 Å². The first kappa shape index (κ1) is 19.7. The second kappa shape index (κ2) is 8.47. The van der Waals surface area contributed by atoms with Crippen LogP contribution in [0.2, 0.25) is 0 Å². The van der Waals surface area contributed by atoms with Crippen molar-refractivity contribution in [3.63, 3.8) is 0 Å². The number of carboxylic acids is 1. The lowest BCUT2D eigenvalue weighted by atomic mass is 9.95. The van der Waals surface area contributed by atoms with Crippen LogP contribution in [0.3, 0.4) is 0 Å². The highest BCUT2D eigenvalue weighted by Gasteiger charge is 2.28. The topological polar surface area (TPSA) is 86.7 Å². The number of rotatable bonds is 7. The maximum Gasteiger partial charge on any atom is 0.323 e. The summed E-state index contributed by atoms with van der Waals surface area (Å²) in [5.41, 5.74) is 0.406. The Morgan fingerprint density at radius 1 is 1.17 bits per heavy atom. The summed E-state index contributed by atoms with van der Waals surface area (Å²) >= 11 is 0. The minimum absolute atomic E-state index is 0.248. The predicted octanol–water partition coefficient (Wildman–Crippen LogP) is 1.69. The second-order valence-corrected chi connectivity index (χ2v) is 6.83. The fourth-order valence-corrected chi connectivity index (χ4v) is 2.09. The molecule has 0 saturated carbocycles. The Balaban J connectivity index is 2.73. The molecule has 0 bridgehead atoms. The lowest BCUT2D eigenvalue weighted by Gasteiger charge is -2.27. The van der Waals surface area contributed by atoms with Crippen LogP contribution in [0.1, 0.15) is 33.3 Å². The third kappa shape index (κ3) is 6.40. The molecule has 0 spiro atoms. The monoisotopic (exact) mass is 334 g/mol. The number of aliphatic carboxylic acids is 1. The first-order chi connectivity index (χ1) is 11.1. The number of benzene rings is 1. The molecule has 132 valence electrons. The van der Waals surface area contributed by atoms with Crippen molar-refractivity contribution >= 4 is 17.8 Å². The van der Waals surface area contributed by atoms with Gasteiger partial charge < -0.3 is 15.3 Å². The van der Waals surface area contributed by atoms with Crippen molar-refractivity contribution in [2.24, 2.45) is 5.41 Å². The predicted molar refractivity (Wildman–Crippen MR) is 91.4 cm³/mol. The molecule has 0 aromatic heterocycles. The normalized spacial score (nSPS) is 12.3. The molecule has 1 aromatic rings. The average Bonchev–Trinajstić information content (AvgIpc) is 2.50. The number of amides is 2. The van der Waals surface area contributed by atoms with Gasteiger partial charge in [0.2, 0.25) is 11.8 Å². The minimum Gasteiger partial charge on any atom is -0.480 e. The lowest BCUT2D eigenvalue weighted by Crippen LogP contribution is -2.51. The molecule has 0 radical (unpaired) electrons. The molecule has 1 unspecified atom stereocenters. The van der Waals surface area contributed by atoms with Gasteiger partial charge in [-0.2, -0.15) is 0 Å². The van der Waals surface area contributed by atoms with Crippen LogP contribution in [0.4, 0.5) is 0 Å². The average molecular weight is 334 g/mol. The number of nitrogens with zero attached hydrogens (tertiary/aromatic N) is 1. The molecule has 6 nitrogen and oxygen atoms in total. The van der Waals surface area contributed by atoms with Gasteiger partial charge in [0, 0.05) is 12.0 Å². The smallest absolute Gasteiger partial charge is 0.323 e. The molecular formula is C18H26N2O4. The van der Waals surface area contributed by atoms with Gasteiger partial charge in [0.25, 0.3) is 0 Å². The number of hydrogen-bond acceptors (Lipinski definition) is 3. The van der Waals surface area contributed by atoms with Crippen LogP contribution >= 0.6 is 0 Å². The molecule has 0 fully saturated rings. The Morgan fingerprint density at radius 3 is 2.25 bits per heavy atom. The Kier molecular flexibility index (Phi) is 6.95. The molecular weight excluding hydrogens is 308 g/mol. The summed E-state index contributed by atoms with van der Waals surface area (Å²) in [5.74, 6) is -1.72. The Hall–Kier alpha value is -2.37. The quantitative estimate of drug-likeness (QED) is 0.794. The van der Waals surface area contributed by atoms with Crippen LogP contribution in [0.5, 0.6) is 0 Å². The summed E-state index contributed by atoms with van der Waals surface area (Å²) in [6, 6.07) is 8.76. The van der Waals surface area contributed by atoms with E-state index in [-0.39, 0.29) is 19.0 Å². The summed E-state index contributed by atoms with van der Waals surface area (Å²) in [6.07, 6.45) is 0.555. The van der Waals surface area contributed by atoms with Gasteiger partial charge in [-0.3, -0.25) is 14.4 Å². The number of hydrogen-bond donors (Lipinski definition) is 2. The van der Waals surface area contributed by atoms with Gasteiger partial charge >= 0.3 is 5.97 Å². The van der Waals surface area contributed by atoms with Crippen molar-refractivity contribution in [2.45, 2.75) is 40.2 Å². The number of carbonyl (C=O) groups excluding carboxylic acids is 2. The summed E-state index contributed by atoms with van der Waals surface area (Å²) in [5, 5.41) is 11.7. The molecule has 0 aliphatic heterocycles. The molecule has 2 N–H and O–H groups in total. The maximum absolute atomic E-state index is 12.5. The molecule has 0 heterocycles. The molecule has 0 aliphatic rings. The van der Waals surface area contributed by atoms with Crippen LogP contribution in [-0.2, 0) is 20.8 Å². The minimum atomic E-state index is -1.08. The number of carboxylic acid groups (broad SMARTS) is 1. The Labute approximate surface area is 142 Å². The van der Waals surface area contributed by atoms with E-state index in [1.165, 1.54) is 4.90 Å². The fourth-order valence-electron chi connectivity index (χ4n) is 2.09. The number of carbonyl (C=O) groups is 3. The maximum atomic E-state index is 12.5. The van der Waals surface area contributed by atoms with Crippen molar-refractivity contribution in [3.05, 3.63) is 35.9 Å². The van der Waals surface area contributed by atoms with E-state index in [0.717, 1.165) is 5.56 Å². The third-order valence-corrected chi connectivity index (χ3v) is 3.55. The van der Waals surface area contributed by atoms with E-state index in [2.05, 4.69) is 5.32 Å². The molecule has 2 amide bonds. The van der Waals surface area contributed by atoms with E-state index >= 15 is 0 Å². The molecule has 24 heavy (non-hydrogen) atoms. The van der Waals surface area contributed by atoms with Gasteiger partial charge in [-0.05, 0) is 18.9 Å². The van der Waals surface area contributed by atoms with Gasteiger partial charge in [0.05, 0.1) is 0 Å². The zero-order chi connectivity index (χ0) is 18.3. The highest BCUT2D eigenvalue weighted by Crippen LogP contribution is 2.13. The second-order valence-electron chi connectivity index (χ2n) is 6.83. The zero-order valence-corrected chi connectivity index (χ0v) is 14.7. The van der Waals surface area contributed by atoms with Crippen molar-refractivity contribution in [2.75, 3.05) is 13.1 Å². The van der Waals surface area contributed by atoms with Gasteiger partial charge in [-0.25, -0.2) is 0 Å². The van der Waals surface area contributed by atoms with Crippen molar-refractivity contribution < 1.29 is 19.5 Å². The SMILES string of the molecule is CC(NC(=O)C(C)(C)C)C(=O)N(CCc1ccccc1)CC(=O)O. The highest BCUT2D eigenvalue weighted by molar-refractivity contribution is 5.90. The molecule has 6 heteroatoms. The molecule has 0 aliphatic carbocycles. The first-order valence-electron chi connectivity index (χ1n) is 7.96. The summed E-state index contributed by atoms with van der Waals surface area (Å²) in [6.45, 7) is 6.73. The van der Waals surface area contributed by atoms with E-state index in [0.29, 0.717) is 6.42 Å². The molecule has 1 atom stereocenters. The van der Waals surface area contributed by atoms with Gasteiger partial charge in [-0.1, -0.05) is 51.1 Å². The molecule has 0 saturated heterocycles. The van der Waals surface area contributed by atoms with Gasteiger partial charge in [0.1, 0.15) is 12.6 Å². The number of nitrogens with one attached hydrogen (secondary N) is 1. The van der Waals surface area contributed by atoms with E-state index < -0.39 is 23.3 Å². The van der Waals surface area contributed by atoms with E-state index in [4.69, 9.17) is 5.11 Å². The lowest BCUT2D eigenvalue weighted by molar-refractivity contribution is -0.146. The van der Waals surface area contributed by atoms with E-state index in [1.54, 1.807) is 27.7 Å². The van der Waals surface area contributed by atoms with Crippen LogP contribution in [0.15, 0.2) is 30.3 Å². The van der Waals surface area contributed by atoms with Crippen LogP contribution in [0.25, 0.3) is 0 Å². The van der Waals surface area contributed by atoms with Gasteiger partial charge in [-0.15, -0.1) is 0 Å². The standard InChI is InChI=1S/C18H26N2O4/c1-13(19-17(24)18(2,3)4)16(23)20(12-15(21)22)11-10-14-8-6-5-7-9-14/h5-9,13H,10-12H2,1-4H3,(H,19,24)(H,21,22). The largest absolute Gasteiger partial charge is 0.480 e. The van der Waals surface area contributed by atoms with E-state index in [1.807, 2.05) is 30.3 Å². The van der Waals surface area contributed by atoms with Crippen molar-refractivity contribution in [1.82, 2.24) is 10.2 Å². The summed E-state index contributed by atoms with van der Waals surface area (Å²) in [4.78, 5) is 36.8. The van der Waals surface area contributed by atoms with Gasteiger partial charge in [0.15, 0.2) is 0 Å². The zero-order valence-electron chi connectivity index (χ0n) is 14.7. The summed E-state index contributed by atoms with van der Waals surface area (Å²) < 4.78 is 0. The molecule has 1 aromatic carbocycles. The Bertz CT molecular complexity index is 578. The Morgan fingerprint density at radius 2 is 1.75 bits per heavy atom. The fraction of sp³-hybridized carbons (Fsp3) is 0.500. The summed E-state index contributed by atoms with van der Waals surface area (Å²) in [7, 11) is 0. The van der Waals surface area contributed by atoms with Crippen molar-refractivity contribution in [1.29, 1.82) is 0 Å². The van der Waals surface area contributed by atoms with Crippen LogP contribution < -0.4 is 5.32 Å². The van der Waals surface area contributed by atoms with Crippen molar-refractivity contribution in [3.8, 4) is 0 Å².